The van der Waals surface area contributed by atoms with Crippen LogP contribution in [0.4, 0.5) is 5.13 Å². The average molecular weight is 297 g/mol. The Morgan fingerprint density at radius 3 is 2.81 bits per heavy atom. The largest absolute Gasteiger partial charge is 0.508 e. The first-order valence-electron chi connectivity index (χ1n) is 6.20. The molecular weight excluding hydrogens is 286 g/mol. The molecule has 0 saturated carbocycles. The minimum absolute atomic E-state index is 0.0518. The molecule has 0 aliphatic heterocycles. The van der Waals surface area contributed by atoms with Crippen molar-refractivity contribution in [2.24, 2.45) is 0 Å². The van der Waals surface area contributed by atoms with Crippen LogP contribution < -0.4 is 5.32 Å². The Morgan fingerprint density at radius 2 is 2.05 bits per heavy atom. The van der Waals surface area contributed by atoms with Crippen molar-refractivity contribution in [1.29, 1.82) is 0 Å². The summed E-state index contributed by atoms with van der Waals surface area (Å²) in [7, 11) is 0. The van der Waals surface area contributed by atoms with Crippen LogP contribution in [0.15, 0.2) is 54.0 Å². The lowest BCUT2D eigenvalue weighted by atomic mass is 10.2. The second kappa shape index (κ2) is 5.72. The lowest BCUT2D eigenvalue weighted by Gasteiger charge is -2.01. The van der Waals surface area contributed by atoms with Gasteiger partial charge in [0.1, 0.15) is 11.4 Å². The number of pyridine rings is 1. The fraction of sp³-hybridized carbons (Fsp3) is 0. The Labute approximate surface area is 124 Å². The SMILES string of the molecule is O=C(Nc1nc(-c2ccccn2)cs1)c1cccc(O)c1. The molecule has 104 valence electrons. The van der Waals surface area contributed by atoms with Crippen LogP contribution in [0.3, 0.4) is 0 Å². The zero-order chi connectivity index (χ0) is 14.7. The highest BCUT2D eigenvalue weighted by molar-refractivity contribution is 7.14. The monoisotopic (exact) mass is 297 g/mol. The number of amides is 1. The van der Waals surface area contributed by atoms with Crippen molar-refractivity contribution in [3.63, 3.8) is 0 Å². The van der Waals surface area contributed by atoms with Gasteiger partial charge in [0.05, 0.1) is 5.69 Å². The molecule has 0 unspecified atom stereocenters. The van der Waals surface area contributed by atoms with Gasteiger partial charge in [-0.1, -0.05) is 12.1 Å². The van der Waals surface area contributed by atoms with Gasteiger partial charge in [-0.3, -0.25) is 15.1 Å². The van der Waals surface area contributed by atoms with Crippen LogP contribution in [0.25, 0.3) is 11.4 Å². The topological polar surface area (TPSA) is 75.1 Å². The summed E-state index contributed by atoms with van der Waals surface area (Å²) in [5.74, 6) is -0.260. The number of aromatic hydroxyl groups is 1. The minimum Gasteiger partial charge on any atom is -0.508 e. The highest BCUT2D eigenvalue weighted by atomic mass is 32.1. The quantitative estimate of drug-likeness (QED) is 0.778. The normalized spacial score (nSPS) is 10.3. The van der Waals surface area contributed by atoms with E-state index in [1.165, 1.54) is 23.5 Å². The molecule has 5 nitrogen and oxygen atoms in total. The molecular formula is C15H11N3O2S. The Morgan fingerprint density at radius 1 is 1.14 bits per heavy atom. The first-order chi connectivity index (χ1) is 10.2. The third kappa shape index (κ3) is 3.06. The number of rotatable bonds is 3. The van der Waals surface area contributed by atoms with E-state index in [9.17, 15) is 9.90 Å². The van der Waals surface area contributed by atoms with Gasteiger partial charge in [-0.05, 0) is 30.3 Å². The van der Waals surface area contributed by atoms with Crippen LogP contribution in [0.5, 0.6) is 5.75 Å². The molecule has 2 N–H and O–H groups in total. The lowest BCUT2D eigenvalue weighted by molar-refractivity contribution is 0.102. The van der Waals surface area contributed by atoms with Crippen LogP contribution in [-0.4, -0.2) is 21.0 Å². The fourth-order valence-electron chi connectivity index (χ4n) is 1.78. The van der Waals surface area contributed by atoms with Crippen LogP contribution in [0.1, 0.15) is 10.4 Å². The summed E-state index contributed by atoms with van der Waals surface area (Å²) in [4.78, 5) is 20.6. The number of phenolic OH excluding ortho intramolecular Hbond substituents is 1. The number of hydrogen-bond donors (Lipinski definition) is 2. The van der Waals surface area contributed by atoms with E-state index < -0.39 is 0 Å². The molecule has 0 saturated heterocycles. The van der Waals surface area contributed by atoms with E-state index in [-0.39, 0.29) is 11.7 Å². The van der Waals surface area contributed by atoms with E-state index in [1.807, 2.05) is 23.6 Å². The zero-order valence-corrected chi connectivity index (χ0v) is 11.7. The first kappa shape index (κ1) is 13.3. The molecule has 0 aliphatic rings. The summed E-state index contributed by atoms with van der Waals surface area (Å²) >= 11 is 1.33. The lowest BCUT2D eigenvalue weighted by Crippen LogP contribution is -2.11. The van der Waals surface area contributed by atoms with Crippen LogP contribution in [-0.2, 0) is 0 Å². The maximum Gasteiger partial charge on any atom is 0.257 e. The van der Waals surface area contributed by atoms with Gasteiger partial charge in [-0.25, -0.2) is 4.98 Å². The van der Waals surface area contributed by atoms with Crippen LogP contribution in [0.2, 0.25) is 0 Å². The highest BCUT2D eigenvalue weighted by Gasteiger charge is 2.10. The second-order valence-corrected chi connectivity index (χ2v) is 5.12. The zero-order valence-electron chi connectivity index (χ0n) is 10.9. The summed E-state index contributed by atoms with van der Waals surface area (Å²) in [5, 5.41) is 14.4. The summed E-state index contributed by atoms with van der Waals surface area (Å²) in [6.07, 6.45) is 1.69. The van der Waals surface area contributed by atoms with E-state index in [4.69, 9.17) is 0 Å². The molecule has 21 heavy (non-hydrogen) atoms. The molecule has 3 rings (SSSR count). The number of anilines is 1. The van der Waals surface area contributed by atoms with Gasteiger partial charge in [0.25, 0.3) is 5.91 Å². The maximum absolute atomic E-state index is 12.0. The molecule has 0 fully saturated rings. The Kier molecular flexibility index (Phi) is 3.61. The van der Waals surface area contributed by atoms with Crippen molar-refractivity contribution in [3.05, 3.63) is 59.6 Å². The summed E-state index contributed by atoms with van der Waals surface area (Å²) < 4.78 is 0. The molecule has 2 aromatic heterocycles. The van der Waals surface area contributed by atoms with Gasteiger partial charge in [-0.15, -0.1) is 11.3 Å². The molecule has 0 spiro atoms. The standard InChI is InChI=1S/C15H11N3O2S/c19-11-5-3-4-10(8-11)14(20)18-15-17-13(9-21-15)12-6-1-2-7-16-12/h1-9,19H,(H,17,18,20). The van der Waals surface area contributed by atoms with Gasteiger partial charge >= 0.3 is 0 Å². The molecule has 0 bridgehead atoms. The number of hydrogen-bond acceptors (Lipinski definition) is 5. The van der Waals surface area contributed by atoms with E-state index in [2.05, 4.69) is 15.3 Å². The molecule has 1 amide bonds. The minimum atomic E-state index is -0.312. The number of carbonyl (C=O) groups excluding carboxylic acids is 1. The molecule has 0 aliphatic carbocycles. The van der Waals surface area contributed by atoms with Crippen molar-refractivity contribution >= 4 is 22.4 Å². The molecule has 6 heteroatoms. The Hall–Kier alpha value is -2.73. The predicted octanol–water partition coefficient (Wildman–Crippen LogP) is 3.16. The predicted molar refractivity (Wildman–Crippen MR) is 81.4 cm³/mol. The first-order valence-corrected chi connectivity index (χ1v) is 7.07. The highest BCUT2D eigenvalue weighted by Crippen LogP contribution is 2.23. The van der Waals surface area contributed by atoms with Crippen LogP contribution in [0, 0.1) is 0 Å². The number of phenols is 1. The fourth-order valence-corrected chi connectivity index (χ4v) is 2.48. The third-order valence-electron chi connectivity index (χ3n) is 2.76. The summed E-state index contributed by atoms with van der Waals surface area (Å²) in [6, 6.07) is 11.7. The smallest absolute Gasteiger partial charge is 0.257 e. The van der Waals surface area contributed by atoms with Crippen LogP contribution >= 0.6 is 11.3 Å². The van der Waals surface area contributed by atoms with Crippen molar-refractivity contribution in [3.8, 4) is 17.1 Å². The van der Waals surface area contributed by atoms with E-state index in [0.29, 0.717) is 16.4 Å². The van der Waals surface area contributed by atoms with Gasteiger partial charge in [-0.2, -0.15) is 0 Å². The Balaban J connectivity index is 1.77. The number of aromatic nitrogens is 2. The van der Waals surface area contributed by atoms with Crippen molar-refractivity contribution in [1.82, 2.24) is 9.97 Å². The Bertz CT molecular complexity index is 771. The number of carbonyl (C=O) groups is 1. The number of nitrogens with one attached hydrogen (secondary N) is 1. The van der Waals surface area contributed by atoms with E-state index in [1.54, 1.807) is 18.3 Å². The van der Waals surface area contributed by atoms with E-state index in [0.717, 1.165) is 5.69 Å². The van der Waals surface area contributed by atoms with Gasteiger partial charge in [0, 0.05) is 17.1 Å². The van der Waals surface area contributed by atoms with Crippen molar-refractivity contribution in [2.45, 2.75) is 0 Å². The average Bonchev–Trinajstić information content (AvgIpc) is 2.97. The van der Waals surface area contributed by atoms with Gasteiger partial charge in [0.2, 0.25) is 0 Å². The van der Waals surface area contributed by atoms with Crippen molar-refractivity contribution < 1.29 is 9.90 Å². The molecule has 3 aromatic rings. The van der Waals surface area contributed by atoms with E-state index >= 15 is 0 Å². The number of nitrogens with zero attached hydrogens (tertiary/aromatic N) is 2. The third-order valence-corrected chi connectivity index (χ3v) is 3.52. The molecule has 2 heterocycles. The molecule has 0 radical (unpaired) electrons. The number of benzene rings is 1. The number of thiazole rings is 1. The van der Waals surface area contributed by atoms with Gasteiger partial charge in [0.15, 0.2) is 5.13 Å². The second-order valence-electron chi connectivity index (χ2n) is 4.26. The summed E-state index contributed by atoms with van der Waals surface area (Å²) in [5.41, 5.74) is 1.85. The summed E-state index contributed by atoms with van der Waals surface area (Å²) in [6.45, 7) is 0. The van der Waals surface area contributed by atoms with Gasteiger partial charge < -0.3 is 5.11 Å². The molecule has 1 aromatic carbocycles. The van der Waals surface area contributed by atoms with Crippen molar-refractivity contribution in [2.75, 3.05) is 5.32 Å². The maximum atomic E-state index is 12.0. The molecule has 0 atom stereocenters.